The van der Waals surface area contributed by atoms with Crippen LogP contribution in [0.3, 0.4) is 0 Å². The van der Waals surface area contributed by atoms with Crippen LogP contribution in [0.4, 0.5) is 0 Å². The molecule has 0 radical (unpaired) electrons. The lowest BCUT2D eigenvalue weighted by Crippen LogP contribution is -2.38. The number of thioether (sulfide) groups is 1. The molecule has 2 atom stereocenters. The number of alkyl halides is 1. The molecule has 18 heavy (non-hydrogen) atoms. The standard InChI is InChI=1S/C14H18ClNOS/c1-10-7-8-16(13(10)9-15)14(17)11-3-5-12(18-2)6-4-11/h3-6,10,13H,7-9H2,1-2H3. The molecule has 1 aliphatic rings. The van der Waals surface area contributed by atoms with Gasteiger partial charge in [0.1, 0.15) is 0 Å². The first kappa shape index (κ1) is 13.8. The van der Waals surface area contributed by atoms with Crippen LogP contribution in [0.1, 0.15) is 23.7 Å². The molecule has 0 aliphatic carbocycles. The molecule has 1 amide bonds. The number of carbonyl (C=O) groups is 1. The molecular formula is C14H18ClNOS. The Morgan fingerprint density at radius 1 is 1.44 bits per heavy atom. The van der Waals surface area contributed by atoms with Gasteiger partial charge in [0.25, 0.3) is 5.91 Å². The van der Waals surface area contributed by atoms with Crippen molar-refractivity contribution in [2.75, 3.05) is 18.7 Å². The van der Waals surface area contributed by atoms with E-state index in [1.807, 2.05) is 35.4 Å². The third-order valence-corrected chi connectivity index (χ3v) is 4.70. The van der Waals surface area contributed by atoms with E-state index in [0.717, 1.165) is 18.5 Å². The first-order valence-electron chi connectivity index (χ1n) is 6.18. The Bertz CT molecular complexity index is 420. The van der Waals surface area contributed by atoms with Crippen LogP contribution in [-0.4, -0.2) is 35.5 Å². The molecule has 0 saturated carbocycles. The first-order valence-corrected chi connectivity index (χ1v) is 7.94. The van der Waals surface area contributed by atoms with Gasteiger partial charge in [-0.15, -0.1) is 23.4 Å². The smallest absolute Gasteiger partial charge is 0.254 e. The molecule has 1 fully saturated rings. The SMILES string of the molecule is CSc1ccc(C(=O)N2CCC(C)C2CCl)cc1. The van der Waals surface area contributed by atoms with E-state index in [1.165, 1.54) is 4.90 Å². The summed E-state index contributed by atoms with van der Waals surface area (Å²) in [6.07, 6.45) is 3.08. The van der Waals surface area contributed by atoms with Gasteiger partial charge in [0, 0.05) is 28.9 Å². The van der Waals surface area contributed by atoms with Gasteiger partial charge >= 0.3 is 0 Å². The lowest BCUT2D eigenvalue weighted by atomic mass is 10.0. The molecule has 2 unspecified atom stereocenters. The average molecular weight is 284 g/mol. The highest BCUT2D eigenvalue weighted by molar-refractivity contribution is 7.98. The van der Waals surface area contributed by atoms with Gasteiger partial charge < -0.3 is 4.90 Å². The molecule has 0 bridgehead atoms. The summed E-state index contributed by atoms with van der Waals surface area (Å²) in [4.78, 5) is 15.5. The minimum Gasteiger partial charge on any atom is -0.334 e. The number of hydrogen-bond acceptors (Lipinski definition) is 2. The van der Waals surface area contributed by atoms with E-state index in [1.54, 1.807) is 11.8 Å². The minimum atomic E-state index is 0.109. The first-order chi connectivity index (χ1) is 8.67. The van der Waals surface area contributed by atoms with Gasteiger partial charge in [0.15, 0.2) is 0 Å². The molecule has 0 aromatic heterocycles. The van der Waals surface area contributed by atoms with Crippen molar-refractivity contribution in [1.82, 2.24) is 4.90 Å². The summed E-state index contributed by atoms with van der Waals surface area (Å²) in [5.74, 6) is 1.13. The van der Waals surface area contributed by atoms with Crippen molar-refractivity contribution in [2.24, 2.45) is 5.92 Å². The van der Waals surface area contributed by atoms with Gasteiger partial charge in [-0.1, -0.05) is 6.92 Å². The fraction of sp³-hybridized carbons (Fsp3) is 0.500. The van der Waals surface area contributed by atoms with Crippen molar-refractivity contribution in [3.8, 4) is 0 Å². The van der Waals surface area contributed by atoms with Crippen LogP contribution < -0.4 is 0 Å². The summed E-state index contributed by atoms with van der Waals surface area (Å²) < 4.78 is 0. The second kappa shape index (κ2) is 5.98. The van der Waals surface area contributed by atoms with Gasteiger partial charge in [0.05, 0.1) is 0 Å². The fourth-order valence-electron chi connectivity index (χ4n) is 2.40. The van der Waals surface area contributed by atoms with Gasteiger partial charge in [-0.3, -0.25) is 4.79 Å². The van der Waals surface area contributed by atoms with Crippen molar-refractivity contribution in [3.05, 3.63) is 29.8 Å². The van der Waals surface area contributed by atoms with Gasteiger partial charge in [-0.2, -0.15) is 0 Å². The van der Waals surface area contributed by atoms with Gasteiger partial charge in [-0.25, -0.2) is 0 Å². The highest BCUT2D eigenvalue weighted by atomic mass is 35.5. The molecule has 1 aromatic carbocycles. The second-order valence-electron chi connectivity index (χ2n) is 4.71. The van der Waals surface area contributed by atoms with Gasteiger partial charge in [0.2, 0.25) is 0 Å². The maximum atomic E-state index is 12.4. The molecule has 1 heterocycles. The van der Waals surface area contributed by atoms with E-state index in [9.17, 15) is 4.79 Å². The number of likely N-dealkylation sites (tertiary alicyclic amines) is 1. The van der Waals surface area contributed by atoms with Crippen molar-refractivity contribution < 1.29 is 4.79 Å². The van der Waals surface area contributed by atoms with E-state index in [2.05, 4.69) is 6.92 Å². The monoisotopic (exact) mass is 283 g/mol. The van der Waals surface area contributed by atoms with E-state index >= 15 is 0 Å². The molecule has 2 nitrogen and oxygen atoms in total. The molecule has 98 valence electrons. The highest BCUT2D eigenvalue weighted by Gasteiger charge is 2.33. The molecule has 0 N–H and O–H groups in total. The van der Waals surface area contributed by atoms with Crippen LogP contribution in [-0.2, 0) is 0 Å². The highest BCUT2D eigenvalue weighted by Crippen LogP contribution is 2.27. The van der Waals surface area contributed by atoms with Crippen molar-refractivity contribution in [1.29, 1.82) is 0 Å². The number of nitrogens with zero attached hydrogens (tertiary/aromatic N) is 1. The summed E-state index contributed by atoms with van der Waals surface area (Å²) in [6.45, 7) is 2.98. The summed E-state index contributed by atoms with van der Waals surface area (Å²) in [5, 5.41) is 0. The van der Waals surface area contributed by atoms with Crippen LogP contribution in [0.2, 0.25) is 0 Å². The number of rotatable bonds is 3. The predicted octanol–water partition coefficient (Wildman–Crippen LogP) is 3.50. The van der Waals surface area contributed by atoms with Crippen LogP contribution >= 0.6 is 23.4 Å². The minimum absolute atomic E-state index is 0.109. The average Bonchev–Trinajstić information content (AvgIpc) is 2.79. The molecule has 1 saturated heterocycles. The van der Waals surface area contributed by atoms with E-state index < -0.39 is 0 Å². The fourth-order valence-corrected chi connectivity index (χ4v) is 3.27. The number of benzene rings is 1. The van der Waals surface area contributed by atoms with Crippen molar-refractivity contribution in [3.63, 3.8) is 0 Å². The maximum absolute atomic E-state index is 12.4. The Labute approximate surface area is 118 Å². The number of amides is 1. The summed E-state index contributed by atoms with van der Waals surface area (Å²) in [5.41, 5.74) is 0.761. The normalized spacial score (nSPS) is 23.4. The quantitative estimate of drug-likeness (QED) is 0.625. The molecule has 0 spiro atoms. The molecule has 2 rings (SSSR count). The van der Waals surface area contributed by atoms with Crippen molar-refractivity contribution >= 4 is 29.3 Å². The Kier molecular flexibility index (Phi) is 4.57. The van der Waals surface area contributed by atoms with E-state index in [0.29, 0.717) is 11.8 Å². The summed E-state index contributed by atoms with van der Waals surface area (Å²) >= 11 is 7.66. The van der Waals surface area contributed by atoms with Crippen LogP contribution in [0.5, 0.6) is 0 Å². The third-order valence-electron chi connectivity index (χ3n) is 3.64. The molecule has 4 heteroatoms. The molecule has 1 aliphatic heterocycles. The maximum Gasteiger partial charge on any atom is 0.254 e. The number of carbonyl (C=O) groups excluding carboxylic acids is 1. The Hall–Kier alpha value is -0.670. The van der Waals surface area contributed by atoms with Crippen molar-refractivity contribution in [2.45, 2.75) is 24.3 Å². The van der Waals surface area contributed by atoms with Crippen LogP contribution in [0, 0.1) is 5.92 Å². The van der Waals surface area contributed by atoms with Crippen LogP contribution in [0.25, 0.3) is 0 Å². The number of halogens is 1. The van der Waals surface area contributed by atoms with E-state index in [-0.39, 0.29) is 11.9 Å². The van der Waals surface area contributed by atoms with E-state index in [4.69, 9.17) is 11.6 Å². The third kappa shape index (κ3) is 2.67. The largest absolute Gasteiger partial charge is 0.334 e. The zero-order valence-electron chi connectivity index (χ0n) is 10.7. The summed E-state index contributed by atoms with van der Waals surface area (Å²) in [7, 11) is 0. The van der Waals surface area contributed by atoms with Crippen LogP contribution in [0.15, 0.2) is 29.2 Å². The lowest BCUT2D eigenvalue weighted by molar-refractivity contribution is 0.0737. The molecule has 1 aromatic rings. The summed E-state index contributed by atoms with van der Waals surface area (Å²) in [6, 6.07) is 7.98. The Balaban J connectivity index is 2.15. The zero-order chi connectivity index (χ0) is 13.1. The predicted molar refractivity (Wildman–Crippen MR) is 77.5 cm³/mol. The van der Waals surface area contributed by atoms with Gasteiger partial charge in [-0.05, 0) is 42.9 Å². The Morgan fingerprint density at radius 2 is 2.11 bits per heavy atom. The zero-order valence-corrected chi connectivity index (χ0v) is 12.3. The molecular weight excluding hydrogens is 266 g/mol. The Morgan fingerprint density at radius 3 is 2.67 bits per heavy atom. The second-order valence-corrected chi connectivity index (χ2v) is 5.90. The lowest BCUT2D eigenvalue weighted by Gasteiger charge is -2.25. The topological polar surface area (TPSA) is 20.3 Å². The number of hydrogen-bond donors (Lipinski definition) is 0.